The van der Waals surface area contributed by atoms with E-state index in [1.807, 2.05) is 30.3 Å². The molecule has 0 atom stereocenters. The van der Waals surface area contributed by atoms with Crippen LogP contribution in [0.15, 0.2) is 54.6 Å². The van der Waals surface area contributed by atoms with Gasteiger partial charge in [-0.3, -0.25) is 10.1 Å². The molecule has 140 valence electrons. The van der Waals surface area contributed by atoms with Gasteiger partial charge in [0.25, 0.3) is 5.91 Å². The molecule has 0 radical (unpaired) electrons. The summed E-state index contributed by atoms with van der Waals surface area (Å²) in [5, 5.41) is 12.6. The summed E-state index contributed by atoms with van der Waals surface area (Å²) >= 11 is 1.44. The van der Waals surface area contributed by atoms with E-state index in [0.29, 0.717) is 10.7 Å². The van der Waals surface area contributed by atoms with Crippen LogP contribution in [-0.2, 0) is 18.3 Å². The monoisotopic (exact) mass is 379 g/mol. The van der Waals surface area contributed by atoms with Crippen molar-refractivity contribution in [1.29, 1.82) is 0 Å². The lowest BCUT2D eigenvalue weighted by molar-refractivity contribution is 0.102. The van der Waals surface area contributed by atoms with Crippen molar-refractivity contribution >= 4 is 22.4 Å². The zero-order chi connectivity index (χ0) is 19.3. The zero-order valence-corrected chi connectivity index (χ0v) is 16.8. The molecule has 0 aliphatic heterocycles. The molecule has 1 amide bonds. The van der Waals surface area contributed by atoms with Crippen LogP contribution >= 0.6 is 11.3 Å². The summed E-state index contributed by atoms with van der Waals surface area (Å²) in [7, 11) is 0. The molecule has 0 fully saturated rings. The van der Waals surface area contributed by atoms with Crippen molar-refractivity contribution in [2.45, 2.75) is 45.4 Å². The Hall–Kier alpha value is -2.53. The summed E-state index contributed by atoms with van der Waals surface area (Å²) in [6.45, 7) is 6.47. The SMILES string of the molecule is CC(C)(C)c1ccc(C(=O)Nc2nnc(CCCc3ccccc3)s2)cc1. The molecule has 1 heterocycles. The maximum Gasteiger partial charge on any atom is 0.257 e. The van der Waals surface area contributed by atoms with Crippen LogP contribution in [-0.4, -0.2) is 16.1 Å². The molecule has 1 N–H and O–H groups in total. The Morgan fingerprint density at radius 3 is 2.33 bits per heavy atom. The van der Waals surface area contributed by atoms with E-state index in [9.17, 15) is 4.79 Å². The molecule has 0 aliphatic carbocycles. The Balaban J connectivity index is 1.53. The summed E-state index contributed by atoms with van der Waals surface area (Å²) in [5.74, 6) is -0.151. The fourth-order valence-electron chi connectivity index (χ4n) is 2.78. The number of amides is 1. The lowest BCUT2D eigenvalue weighted by Crippen LogP contribution is -2.14. The molecule has 2 aromatic carbocycles. The molecule has 0 bridgehead atoms. The van der Waals surface area contributed by atoms with E-state index >= 15 is 0 Å². The summed E-state index contributed by atoms with van der Waals surface area (Å²) < 4.78 is 0. The first-order valence-corrected chi connectivity index (χ1v) is 10.0. The molecule has 0 unspecified atom stereocenters. The van der Waals surface area contributed by atoms with Crippen molar-refractivity contribution < 1.29 is 4.79 Å². The number of nitrogens with one attached hydrogen (secondary N) is 1. The summed E-state index contributed by atoms with van der Waals surface area (Å²) in [6.07, 6.45) is 2.89. The van der Waals surface area contributed by atoms with Crippen LogP contribution in [0.2, 0.25) is 0 Å². The Labute approximate surface area is 164 Å². The van der Waals surface area contributed by atoms with E-state index in [-0.39, 0.29) is 11.3 Å². The largest absolute Gasteiger partial charge is 0.296 e. The average Bonchev–Trinajstić information content (AvgIpc) is 3.09. The van der Waals surface area contributed by atoms with Crippen LogP contribution < -0.4 is 5.32 Å². The maximum absolute atomic E-state index is 12.4. The molecule has 0 saturated heterocycles. The Kier molecular flexibility index (Phi) is 6.01. The highest BCUT2D eigenvalue weighted by atomic mass is 32.1. The average molecular weight is 380 g/mol. The fourth-order valence-corrected chi connectivity index (χ4v) is 3.56. The van der Waals surface area contributed by atoms with Crippen molar-refractivity contribution in [2.75, 3.05) is 5.32 Å². The number of anilines is 1. The smallest absolute Gasteiger partial charge is 0.257 e. The minimum absolute atomic E-state index is 0.0723. The van der Waals surface area contributed by atoms with Gasteiger partial charge >= 0.3 is 0 Å². The highest BCUT2D eigenvalue weighted by Gasteiger charge is 2.15. The summed E-state index contributed by atoms with van der Waals surface area (Å²) in [6, 6.07) is 18.1. The highest BCUT2D eigenvalue weighted by molar-refractivity contribution is 7.15. The highest BCUT2D eigenvalue weighted by Crippen LogP contribution is 2.23. The van der Waals surface area contributed by atoms with E-state index < -0.39 is 0 Å². The fraction of sp³-hybridized carbons (Fsp3) is 0.318. The molecule has 5 heteroatoms. The molecular formula is C22H25N3OS. The van der Waals surface area contributed by atoms with Crippen molar-refractivity contribution in [3.63, 3.8) is 0 Å². The van der Waals surface area contributed by atoms with E-state index in [4.69, 9.17) is 0 Å². The minimum Gasteiger partial charge on any atom is -0.296 e. The lowest BCUT2D eigenvalue weighted by Gasteiger charge is -2.18. The third-order valence-corrected chi connectivity index (χ3v) is 5.30. The van der Waals surface area contributed by atoms with E-state index in [2.05, 4.69) is 60.6 Å². The topological polar surface area (TPSA) is 54.9 Å². The van der Waals surface area contributed by atoms with Crippen LogP contribution in [0.5, 0.6) is 0 Å². The first-order valence-electron chi connectivity index (χ1n) is 9.20. The number of hydrogen-bond acceptors (Lipinski definition) is 4. The second-order valence-corrected chi connectivity index (χ2v) is 8.68. The van der Waals surface area contributed by atoms with Crippen LogP contribution in [0.4, 0.5) is 5.13 Å². The van der Waals surface area contributed by atoms with Gasteiger partial charge in [0.15, 0.2) is 0 Å². The number of benzene rings is 2. The quantitative estimate of drug-likeness (QED) is 0.635. The second kappa shape index (κ2) is 8.44. The van der Waals surface area contributed by atoms with Crippen LogP contribution in [0.25, 0.3) is 0 Å². The number of nitrogens with zero attached hydrogens (tertiary/aromatic N) is 2. The van der Waals surface area contributed by atoms with Crippen LogP contribution in [0.3, 0.4) is 0 Å². The predicted molar refractivity (Wildman–Crippen MR) is 111 cm³/mol. The van der Waals surface area contributed by atoms with Gasteiger partial charge in [-0.2, -0.15) is 0 Å². The first-order chi connectivity index (χ1) is 12.9. The third-order valence-electron chi connectivity index (χ3n) is 4.40. The molecule has 4 nitrogen and oxygen atoms in total. The number of hydrogen-bond donors (Lipinski definition) is 1. The maximum atomic E-state index is 12.4. The van der Waals surface area contributed by atoms with Gasteiger partial charge in [-0.15, -0.1) is 10.2 Å². The Morgan fingerprint density at radius 1 is 0.963 bits per heavy atom. The minimum atomic E-state index is -0.151. The second-order valence-electron chi connectivity index (χ2n) is 7.62. The summed E-state index contributed by atoms with van der Waals surface area (Å²) in [5.41, 5.74) is 3.23. The van der Waals surface area contributed by atoms with E-state index in [1.54, 1.807) is 0 Å². The number of rotatable bonds is 6. The van der Waals surface area contributed by atoms with Crippen molar-refractivity contribution in [2.24, 2.45) is 0 Å². The van der Waals surface area contributed by atoms with Gasteiger partial charge in [-0.1, -0.05) is 74.6 Å². The molecule has 0 spiro atoms. The van der Waals surface area contributed by atoms with E-state index in [1.165, 1.54) is 22.5 Å². The van der Waals surface area contributed by atoms with E-state index in [0.717, 1.165) is 24.3 Å². The molecular weight excluding hydrogens is 354 g/mol. The van der Waals surface area contributed by atoms with Gasteiger partial charge in [0, 0.05) is 12.0 Å². The number of aromatic nitrogens is 2. The lowest BCUT2D eigenvalue weighted by atomic mass is 9.87. The van der Waals surface area contributed by atoms with Gasteiger partial charge in [0.2, 0.25) is 5.13 Å². The third kappa shape index (κ3) is 5.47. The van der Waals surface area contributed by atoms with Gasteiger partial charge < -0.3 is 0 Å². The Morgan fingerprint density at radius 2 is 1.67 bits per heavy atom. The number of aryl methyl sites for hydroxylation is 2. The zero-order valence-electron chi connectivity index (χ0n) is 16.0. The van der Waals surface area contributed by atoms with Crippen molar-refractivity contribution in [1.82, 2.24) is 10.2 Å². The molecule has 3 aromatic rings. The van der Waals surface area contributed by atoms with Crippen molar-refractivity contribution in [3.05, 3.63) is 76.3 Å². The molecule has 27 heavy (non-hydrogen) atoms. The number of carbonyl (C=O) groups is 1. The number of carbonyl (C=O) groups excluding carboxylic acids is 1. The van der Waals surface area contributed by atoms with Crippen LogP contribution in [0, 0.1) is 0 Å². The predicted octanol–water partition coefficient (Wildman–Crippen LogP) is 5.26. The van der Waals surface area contributed by atoms with Gasteiger partial charge in [-0.25, -0.2) is 0 Å². The van der Waals surface area contributed by atoms with Crippen molar-refractivity contribution in [3.8, 4) is 0 Å². The van der Waals surface area contributed by atoms with Gasteiger partial charge in [0.05, 0.1) is 0 Å². The first kappa shape index (κ1) is 19.2. The Bertz CT molecular complexity index is 880. The normalized spacial score (nSPS) is 11.4. The molecule has 0 saturated carbocycles. The molecule has 3 rings (SSSR count). The summed E-state index contributed by atoms with van der Waals surface area (Å²) in [4.78, 5) is 12.4. The standard InChI is InChI=1S/C22H25N3OS/c1-22(2,3)18-14-12-17(13-15-18)20(26)23-21-25-24-19(27-21)11-7-10-16-8-5-4-6-9-16/h4-6,8-9,12-15H,7,10-11H2,1-3H3,(H,23,25,26). The molecule has 0 aliphatic rings. The van der Waals surface area contributed by atoms with Crippen LogP contribution in [0.1, 0.15) is 53.7 Å². The van der Waals surface area contributed by atoms with Gasteiger partial charge in [-0.05, 0) is 41.5 Å². The van der Waals surface area contributed by atoms with Gasteiger partial charge in [0.1, 0.15) is 5.01 Å². The molecule has 1 aromatic heterocycles.